The van der Waals surface area contributed by atoms with Gasteiger partial charge in [-0.05, 0) is 30.4 Å². The highest BCUT2D eigenvalue weighted by atomic mass is 16.5. The molecule has 2 aromatic rings. The second kappa shape index (κ2) is 8.01. The van der Waals surface area contributed by atoms with Crippen molar-refractivity contribution in [3.8, 4) is 0 Å². The summed E-state index contributed by atoms with van der Waals surface area (Å²) in [5.74, 6) is 0.0336. The highest BCUT2D eigenvalue weighted by Gasteiger charge is 2.24. The van der Waals surface area contributed by atoms with Crippen LogP contribution < -0.4 is 5.32 Å². The van der Waals surface area contributed by atoms with Gasteiger partial charge in [-0.25, -0.2) is 0 Å². The van der Waals surface area contributed by atoms with Gasteiger partial charge in [0, 0.05) is 25.3 Å². The molecule has 0 radical (unpaired) electrons. The molecule has 26 heavy (non-hydrogen) atoms. The van der Waals surface area contributed by atoms with Gasteiger partial charge in [0.2, 0.25) is 5.91 Å². The Labute approximate surface area is 153 Å². The highest BCUT2D eigenvalue weighted by Crippen LogP contribution is 2.22. The average molecular weight is 354 g/mol. The number of hydrogen-bond acceptors (Lipinski definition) is 4. The van der Waals surface area contributed by atoms with Crippen molar-refractivity contribution >= 4 is 5.91 Å². The molecule has 0 unspecified atom stereocenters. The first-order chi connectivity index (χ1) is 12.8. The van der Waals surface area contributed by atoms with Crippen LogP contribution in [-0.2, 0) is 35.5 Å². The number of morpholine rings is 1. The summed E-state index contributed by atoms with van der Waals surface area (Å²) in [6.45, 7) is 3.79. The molecule has 4 rings (SSSR count). The highest BCUT2D eigenvalue weighted by molar-refractivity contribution is 5.76. The minimum absolute atomic E-state index is 0.0336. The number of aryl methyl sites for hydroxylation is 1. The summed E-state index contributed by atoms with van der Waals surface area (Å²) in [5.41, 5.74) is 4.82. The Bertz CT molecular complexity index is 744. The second-order valence-electron chi connectivity index (χ2n) is 7.18. The summed E-state index contributed by atoms with van der Waals surface area (Å²) in [4.78, 5) is 14.7. The van der Waals surface area contributed by atoms with Crippen molar-refractivity contribution in [1.82, 2.24) is 20.4 Å². The van der Waals surface area contributed by atoms with Crippen molar-refractivity contribution < 1.29 is 9.53 Å². The van der Waals surface area contributed by atoms with E-state index < -0.39 is 0 Å². The predicted octanol–water partition coefficient (Wildman–Crippen LogP) is 1.81. The molecule has 2 aliphatic rings. The average Bonchev–Trinajstić information content (AvgIpc) is 3.25. The largest absolute Gasteiger partial charge is 0.375 e. The molecule has 1 saturated heterocycles. The molecule has 1 fully saturated rings. The molecule has 0 bridgehead atoms. The monoisotopic (exact) mass is 354 g/mol. The maximum Gasteiger partial charge on any atom is 0.222 e. The summed E-state index contributed by atoms with van der Waals surface area (Å²) < 4.78 is 5.80. The van der Waals surface area contributed by atoms with Crippen LogP contribution in [-0.4, -0.2) is 46.8 Å². The van der Waals surface area contributed by atoms with E-state index in [4.69, 9.17) is 4.74 Å². The van der Waals surface area contributed by atoms with E-state index in [1.165, 1.54) is 23.2 Å². The van der Waals surface area contributed by atoms with Crippen LogP contribution in [0.5, 0.6) is 0 Å². The van der Waals surface area contributed by atoms with Crippen LogP contribution in [0.4, 0.5) is 0 Å². The fraction of sp³-hybridized carbons (Fsp3) is 0.500. The zero-order valence-corrected chi connectivity index (χ0v) is 15.0. The van der Waals surface area contributed by atoms with E-state index in [9.17, 15) is 4.79 Å². The van der Waals surface area contributed by atoms with Gasteiger partial charge in [-0.15, -0.1) is 0 Å². The minimum Gasteiger partial charge on any atom is -0.375 e. The lowest BCUT2D eigenvalue weighted by atomic mass is 10.1. The Morgan fingerprint density at radius 2 is 2.19 bits per heavy atom. The number of carbonyl (C=O) groups is 1. The first-order valence-corrected chi connectivity index (χ1v) is 9.47. The molecular weight excluding hydrogens is 328 g/mol. The number of carbonyl (C=O) groups excluding carboxylic acids is 1. The number of rotatable bonds is 6. The summed E-state index contributed by atoms with van der Waals surface area (Å²) >= 11 is 0. The van der Waals surface area contributed by atoms with Gasteiger partial charge in [-0.1, -0.05) is 30.3 Å². The summed E-state index contributed by atoms with van der Waals surface area (Å²) in [6, 6.07) is 10.4. The van der Waals surface area contributed by atoms with Gasteiger partial charge in [-0.3, -0.25) is 14.8 Å². The number of fused-ring (bicyclic) bond motifs is 1. The van der Waals surface area contributed by atoms with Crippen molar-refractivity contribution in [2.45, 2.75) is 44.9 Å². The zero-order valence-electron chi connectivity index (χ0n) is 15.0. The molecule has 0 saturated carbocycles. The quantitative estimate of drug-likeness (QED) is 0.830. The number of benzene rings is 1. The van der Waals surface area contributed by atoms with Gasteiger partial charge < -0.3 is 10.1 Å². The molecular formula is C20H26N4O2. The van der Waals surface area contributed by atoms with Crippen LogP contribution in [0.25, 0.3) is 0 Å². The number of ether oxygens (including phenoxy) is 1. The Morgan fingerprint density at radius 3 is 3.08 bits per heavy atom. The molecule has 6 nitrogen and oxygen atoms in total. The minimum atomic E-state index is -0.0441. The number of H-pyrrole nitrogens is 1. The molecule has 0 spiro atoms. The van der Waals surface area contributed by atoms with Crippen LogP contribution in [0.2, 0.25) is 0 Å². The third-order valence-electron chi connectivity index (χ3n) is 5.23. The van der Waals surface area contributed by atoms with Gasteiger partial charge in [0.1, 0.15) is 0 Å². The standard InChI is InChI=1S/C20H26N4O2/c25-20(21-12-19-17-7-4-8-18(17)22-23-19)11-16-14-24(9-10-26-16)13-15-5-2-1-3-6-15/h1-3,5-6,16H,4,7-14H2,(H,21,25)(H,22,23)/t16-/m1/s1. The molecule has 6 heteroatoms. The van der Waals surface area contributed by atoms with Crippen LogP contribution in [0.1, 0.15) is 35.4 Å². The van der Waals surface area contributed by atoms with E-state index in [1.807, 2.05) is 6.07 Å². The van der Waals surface area contributed by atoms with E-state index in [2.05, 4.69) is 44.7 Å². The number of amides is 1. The topological polar surface area (TPSA) is 70.2 Å². The summed E-state index contributed by atoms with van der Waals surface area (Å²) in [6.07, 6.45) is 3.67. The van der Waals surface area contributed by atoms with Crippen molar-refractivity contribution in [2.75, 3.05) is 19.7 Å². The lowest BCUT2D eigenvalue weighted by Crippen LogP contribution is -2.44. The fourth-order valence-electron chi connectivity index (χ4n) is 3.88. The van der Waals surface area contributed by atoms with Gasteiger partial charge in [0.15, 0.2) is 0 Å². The molecule has 2 heterocycles. The zero-order chi connectivity index (χ0) is 17.8. The summed E-state index contributed by atoms with van der Waals surface area (Å²) in [7, 11) is 0. The number of nitrogens with one attached hydrogen (secondary N) is 2. The lowest BCUT2D eigenvalue weighted by Gasteiger charge is -2.32. The Morgan fingerprint density at radius 1 is 1.31 bits per heavy atom. The maximum atomic E-state index is 12.3. The fourth-order valence-corrected chi connectivity index (χ4v) is 3.88. The Hall–Kier alpha value is -2.18. The number of nitrogens with zero attached hydrogens (tertiary/aromatic N) is 2. The molecule has 1 aliphatic heterocycles. The van der Waals surface area contributed by atoms with Gasteiger partial charge >= 0.3 is 0 Å². The summed E-state index contributed by atoms with van der Waals surface area (Å²) in [5, 5.41) is 10.4. The Balaban J connectivity index is 1.24. The Kier molecular flexibility index (Phi) is 5.32. The van der Waals surface area contributed by atoms with Gasteiger partial charge in [0.25, 0.3) is 0 Å². The van der Waals surface area contributed by atoms with Crippen molar-refractivity contribution in [2.24, 2.45) is 0 Å². The van der Waals surface area contributed by atoms with Gasteiger partial charge in [-0.2, -0.15) is 5.10 Å². The first kappa shape index (κ1) is 17.2. The van der Waals surface area contributed by atoms with Crippen LogP contribution in [0.3, 0.4) is 0 Å². The van der Waals surface area contributed by atoms with Crippen LogP contribution in [0.15, 0.2) is 30.3 Å². The first-order valence-electron chi connectivity index (χ1n) is 9.47. The molecule has 1 aliphatic carbocycles. The van der Waals surface area contributed by atoms with E-state index in [0.29, 0.717) is 19.6 Å². The second-order valence-corrected chi connectivity index (χ2v) is 7.18. The van der Waals surface area contributed by atoms with Crippen LogP contribution in [0, 0.1) is 0 Å². The number of hydrogen-bond donors (Lipinski definition) is 2. The van der Waals surface area contributed by atoms with E-state index in [0.717, 1.165) is 38.2 Å². The normalized spacial score (nSPS) is 20.1. The smallest absolute Gasteiger partial charge is 0.222 e. The van der Waals surface area contributed by atoms with E-state index >= 15 is 0 Å². The van der Waals surface area contributed by atoms with Crippen molar-refractivity contribution in [1.29, 1.82) is 0 Å². The molecule has 2 N–H and O–H groups in total. The maximum absolute atomic E-state index is 12.3. The molecule has 1 aromatic heterocycles. The molecule has 1 amide bonds. The predicted molar refractivity (Wildman–Crippen MR) is 98.5 cm³/mol. The van der Waals surface area contributed by atoms with Gasteiger partial charge in [0.05, 0.1) is 31.4 Å². The molecule has 1 atom stereocenters. The third-order valence-corrected chi connectivity index (χ3v) is 5.23. The number of aromatic amines is 1. The van der Waals surface area contributed by atoms with Crippen molar-refractivity contribution in [3.63, 3.8) is 0 Å². The molecule has 138 valence electrons. The lowest BCUT2D eigenvalue weighted by molar-refractivity contribution is -0.126. The molecule has 1 aromatic carbocycles. The number of aromatic nitrogens is 2. The van der Waals surface area contributed by atoms with E-state index in [-0.39, 0.29) is 12.0 Å². The SMILES string of the molecule is O=C(C[C@@H]1CN(Cc2ccccc2)CCO1)NCc1n[nH]c2c1CCC2. The third kappa shape index (κ3) is 4.14. The van der Waals surface area contributed by atoms with Crippen molar-refractivity contribution in [3.05, 3.63) is 52.8 Å². The van der Waals surface area contributed by atoms with E-state index in [1.54, 1.807) is 0 Å². The van der Waals surface area contributed by atoms with Crippen LogP contribution >= 0.6 is 0 Å².